The van der Waals surface area contributed by atoms with E-state index in [0.29, 0.717) is 11.0 Å². The fraction of sp³-hybridized carbons (Fsp3) is 0.385. The number of carboxylic acids is 1. The first-order chi connectivity index (χ1) is 48.6. The molecule has 11 rings (SSSR count). The number of nitrogens with one attached hydrogen (secondary N) is 1. The third kappa shape index (κ3) is 29.0. The van der Waals surface area contributed by atoms with E-state index in [1.807, 2.05) is 47.9 Å². The summed E-state index contributed by atoms with van der Waals surface area (Å²) in [6.07, 6.45) is 0. The first-order valence-corrected chi connectivity index (χ1v) is 40.3. The molecular formula is C78H91BBr4Cl2KN5O13S2. The van der Waals surface area contributed by atoms with Gasteiger partial charge < -0.3 is 39.4 Å². The van der Waals surface area contributed by atoms with Crippen LogP contribution >= 0.6 is 86.0 Å². The van der Waals surface area contributed by atoms with E-state index in [-0.39, 0.29) is 121 Å². The van der Waals surface area contributed by atoms with Crippen molar-refractivity contribution in [2.45, 2.75) is 152 Å². The van der Waals surface area contributed by atoms with Crippen molar-refractivity contribution in [3.63, 3.8) is 0 Å². The topological polar surface area (TPSA) is 274 Å². The number of aliphatic hydroxyl groups excluding tert-OH is 1. The molecule has 0 spiro atoms. The van der Waals surface area contributed by atoms with E-state index >= 15 is 0 Å². The van der Waals surface area contributed by atoms with Gasteiger partial charge in [0, 0.05) is 111 Å². The number of rotatable bonds is 12. The maximum atomic E-state index is 12.3. The van der Waals surface area contributed by atoms with Crippen LogP contribution in [0.4, 0.5) is 0 Å². The molecule has 106 heavy (non-hydrogen) atoms. The van der Waals surface area contributed by atoms with Crippen LogP contribution in [0.25, 0.3) is 0 Å². The van der Waals surface area contributed by atoms with Gasteiger partial charge in [-0.1, -0.05) is 193 Å². The molecular weight excluding hydrogens is 1720 g/mol. The molecule has 2 N–H and O–H groups in total. The van der Waals surface area contributed by atoms with Gasteiger partial charge in [-0.15, -0.1) is 0 Å². The van der Waals surface area contributed by atoms with Gasteiger partial charge in [0.05, 0.1) is 46.3 Å². The van der Waals surface area contributed by atoms with E-state index < -0.39 is 36.0 Å². The van der Waals surface area contributed by atoms with Gasteiger partial charge in [-0.3, -0.25) is 18.6 Å². The molecule has 0 aliphatic carbocycles. The minimum atomic E-state index is -3.90. The number of likely N-dealkylation sites (tertiary alicyclic amines) is 2. The Hall–Kier alpha value is -4.50. The number of aryl methyl sites for hydroxylation is 2. The minimum absolute atomic E-state index is 0. The Morgan fingerprint density at radius 2 is 0.849 bits per heavy atom. The number of carbonyl (C=O) groups is 4. The molecule has 18 nitrogen and oxygen atoms in total. The van der Waals surface area contributed by atoms with E-state index in [0.717, 1.165) is 86.2 Å². The molecule has 4 saturated heterocycles. The summed E-state index contributed by atoms with van der Waals surface area (Å²) < 4.78 is 67.3. The largest absolute Gasteiger partial charge is 1.00 e. The molecule has 0 bridgehead atoms. The second kappa shape index (κ2) is 41.7. The summed E-state index contributed by atoms with van der Waals surface area (Å²) in [5, 5.41) is 39.3. The summed E-state index contributed by atoms with van der Waals surface area (Å²) in [6.45, 7) is 32.7. The zero-order valence-electron chi connectivity index (χ0n) is 62.6. The molecule has 0 aromatic heterocycles. The number of benzene rings is 7. The molecule has 28 heteroatoms. The molecule has 7 aromatic rings. The smallest absolute Gasteiger partial charge is 0.550 e. The van der Waals surface area contributed by atoms with Crippen molar-refractivity contribution >= 4 is 141 Å². The number of nitriles is 2. The van der Waals surface area contributed by atoms with Crippen LogP contribution in [0.1, 0.15) is 129 Å². The predicted octanol–water partition coefficient (Wildman–Crippen LogP) is 11.6. The van der Waals surface area contributed by atoms with Crippen LogP contribution in [-0.4, -0.2) is 126 Å². The molecule has 0 radical (unpaired) electrons. The van der Waals surface area contributed by atoms with Crippen LogP contribution in [0.2, 0.25) is 0 Å². The zero-order valence-corrected chi connectivity index (χ0v) is 75.2. The number of aliphatic hydroxyl groups is 1. The molecule has 7 aromatic carbocycles. The fourth-order valence-electron chi connectivity index (χ4n) is 10.5. The van der Waals surface area contributed by atoms with Crippen molar-refractivity contribution in [2.75, 3.05) is 52.5 Å². The van der Waals surface area contributed by atoms with E-state index in [9.17, 15) is 36.5 Å². The summed E-state index contributed by atoms with van der Waals surface area (Å²) in [5.41, 5.74) is 6.63. The summed E-state index contributed by atoms with van der Waals surface area (Å²) in [5.74, 6) is -0.763. The zero-order chi connectivity index (χ0) is 79.3. The second-order valence-corrected chi connectivity index (χ2v) is 36.4. The van der Waals surface area contributed by atoms with Crippen LogP contribution in [0, 0.1) is 36.5 Å². The molecule has 0 saturated carbocycles. The van der Waals surface area contributed by atoms with Crippen LogP contribution in [0.3, 0.4) is 0 Å². The first-order valence-electron chi connectivity index (χ1n) is 33.1. The van der Waals surface area contributed by atoms with Gasteiger partial charge in [0.15, 0.2) is 0 Å². The van der Waals surface area contributed by atoms with Crippen molar-refractivity contribution in [2.24, 2.45) is 0 Å². The number of hydrogen-bond donors (Lipinski definition) is 2. The van der Waals surface area contributed by atoms with Crippen molar-refractivity contribution < 1.29 is 111 Å². The van der Waals surface area contributed by atoms with Gasteiger partial charge in [-0.25, -0.2) is 8.42 Å². The van der Waals surface area contributed by atoms with Gasteiger partial charge in [-0.05, 0) is 180 Å². The van der Waals surface area contributed by atoms with Crippen molar-refractivity contribution in [3.05, 3.63) is 227 Å². The number of nitrogens with zero attached hydrogens (tertiary/aromatic N) is 4. The standard InChI is InChI=1S/C18H26BNO3.C17H16BrNO3S.C12H14BrNO.C10H10BrNO.C10H12BrN.C7H7ClO2S.C2H3ClO.C2H4O2.K/c1-13(21)20-11-18(6,12-20)14-7-9-15(10-8-14)19-22-16(2,3)17(4,5)23-19;1-13-3-9-16(10-4-13)23(20,21)22-12-17(2,11-19)14-5-7-15(18)8-6-14;1-9(15)14-7-12(2,8-14)10-3-5-11(13)6-4-10;1-10(6-12,7-13)8-2-4-9(11)5-3-8;1-10(6-12-7-10)8-2-4-9(11)5-3-8;1-6-2-4-7(5-3-6)11(8,9)10;2*1-2(3)4;/h7-10H,11-12H2,1-6H3;3-10H,12H2,1-2H3;3-6H,7-8H2,1-2H3;2-5,13H,7H2,1H3;2-5,12H,6-7H2,1H3;2-5H,1H3;1H3;1H3,(H,3,4);/q;;;;;;;;+1/p-1. The van der Waals surface area contributed by atoms with Gasteiger partial charge in [0.2, 0.25) is 17.1 Å². The van der Waals surface area contributed by atoms with Crippen LogP contribution < -0.4 is 67.3 Å². The summed E-state index contributed by atoms with van der Waals surface area (Å²) in [7, 11) is -2.68. The first kappa shape index (κ1) is 95.7. The Balaban J connectivity index is 0.000000329. The molecule has 4 fully saturated rings. The van der Waals surface area contributed by atoms with Crippen molar-refractivity contribution in [3.8, 4) is 12.1 Å². The predicted molar refractivity (Wildman–Crippen MR) is 427 cm³/mol. The molecule has 2 atom stereocenters. The molecule has 564 valence electrons. The Morgan fingerprint density at radius 1 is 0.557 bits per heavy atom. The van der Waals surface area contributed by atoms with Gasteiger partial charge >= 0.3 is 58.5 Å². The Labute approximate surface area is 712 Å². The third-order valence-electron chi connectivity index (χ3n) is 18.2. The number of aliphatic carboxylic acids is 1. The molecule has 2 unspecified atom stereocenters. The number of carbonyl (C=O) groups excluding carboxylic acids is 4. The van der Waals surface area contributed by atoms with E-state index in [4.69, 9.17) is 44.4 Å². The van der Waals surface area contributed by atoms with Crippen LogP contribution in [0.15, 0.2) is 198 Å². The molecule has 4 aliphatic heterocycles. The molecule has 2 amide bonds. The number of carboxylic acid groups (broad SMARTS) is 1. The normalized spacial score (nSPS) is 16.7. The maximum Gasteiger partial charge on any atom is 1.00 e. The van der Waals surface area contributed by atoms with Gasteiger partial charge in [-0.2, -0.15) is 18.9 Å². The van der Waals surface area contributed by atoms with E-state index in [2.05, 4.69) is 214 Å². The summed E-state index contributed by atoms with van der Waals surface area (Å²) in [4.78, 5) is 44.6. The Kier molecular flexibility index (Phi) is 37.6. The van der Waals surface area contributed by atoms with Crippen molar-refractivity contribution in [1.82, 2.24) is 15.1 Å². The van der Waals surface area contributed by atoms with Crippen molar-refractivity contribution in [1.29, 1.82) is 10.5 Å². The summed E-state index contributed by atoms with van der Waals surface area (Å²) in [6, 6.07) is 57.0. The SMILES string of the molecule is CC(=O)Cl.CC(=O)N1CC(C)(c2ccc(B3OC(C)(C)C(C)(C)O3)cc2)C1.CC(=O)N1CC(C)(c2ccc(Br)cc2)C1.CC(=O)[O-].CC(C#N)(CO)c1ccc(Br)cc1.CC1(c2ccc(Br)cc2)CNC1.Cc1ccc(S(=O)(=O)Cl)cc1.Cc1ccc(S(=O)(=O)OCC(C)(C#N)c2ccc(Br)cc2)cc1.[K+]. The average molecular weight is 1810 g/mol. The van der Waals surface area contributed by atoms with Crippen LogP contribution in [-0.2, 0) is 78.9 Å². The fourth-order valence-corrected chi connectivity index (χ4v) is 13.3. The Morgan fingerprint density at radius 3 is 1.13 bits per heavy atom. The van der Waals surface area contributed by atoms with Gasteiger partial charge in [0.25, 0.3) is 19.2 Å². The number of hydrogen-bond acceptors (Lipinski definition) is 16. The second-order valence-electron chi connectivity index (χ2n) is 28.1. The van der Waals surface area contributed by atoms with E-state index in [1.54, 1.807) is 76.2 Å². The average Bonchev–Trinajstić information content (AvgIpc) is 1.62. The minimum Gasteiger partial charge on any atom is -0.550 e. The molecule has 4 aliphatic rings. The third-order valence-corrected chi connectivity index (χ3v) is 22.9. The number of halogens is 6. The summed E-state index contributed by atoms with van der Waals surface area (Å²) >= 11 is 18.1. The van der Waals surface area contributed by atoms with E-state index in [1.165, 1.54) is 47.9 Å². The quantitative estimate of drug-likeness (QED) is 0.0653. The monoisotopic (exact) mass is 1810 g/mol. The maximum absolute atomic E-state index is 12.3. The van der Waals surface area contributed by atoms with Gasteiger partial charge in [0.1, 0.15) is 10.8 Å². The van der Waals surface area contributed by atoms with Crippen LogP contribution in [0.5, 0.6) is 0 Å². The molecule has 4 heterocycles. The number of amides is 2. The Bertz CT molecular complexity index is 4340.